The Labute approximate surface area is 109 Å². The number of anilines is 1. The average Bonchev–Trinajstić information content (AvgIpc) is 2.80. The number of rotatable bonds is 4. The first-order valence-electron chi connectivity index (χ1n) is 5.84. The van der Waals surface area contributed by atoms with Crippen LogP contribution in [0.15, 0.2) is 22.7 Å². The fourth-order valence-corrected chi connectivity index (χ4v) is 2.62. The summed E-state index contributed by atoms with van der Waals surface area (Å²) < 4.78 is 0.876. The fraction of sp³-hybridized carbons (Fsp3) is 0.500. The average molecular weight is 299 g/mol. The molecule has 1 aliphatic rings. The van der Waals surface area contributed by atoms with Gasteiger partial charge in [-0.05, 0) is 40.8 Å². The summed E-state index contributed by atoms with van der Waals surface area (Å²) in [5.74, 6) is 0.709. The lowest BCUT2D eigenvalue weighted by Crippen LogP contribution is -2.11. The summed E-state index contributed by atoms with van der Waals surface area (Å²) in [6.45, 7) is 0.903. The number of hydrogen-bond acceptors (Lipinski definition) is 3. The maximum absolute atomic E-state index is 10.7. The largest absolute Gasteiger partial charge is 0.384 e. The van der Waals surface area contributed by atoms with Crippen LogP contribution in [0.4, 0.5) is 11.4 Å². The van der Waals surface area contributed by atoms with E-state index in [9.17, 15) is 10.1 Å². The quantitative estimate of drug-likeness (QED) is 0.676. The minimum atomic E-state index is -0.368. The van der Waals surface area contributed by atoms with Crippen LogP contribution in [0.1, 0.15) is 25.7 Å². The lowest BCUT2D eigenvalue weighted by Gasteiger charge is -2.12. The molecule has 0 aliphatic heterocycles. The highest BCUT2D eigenvalue weighted by molar-refractivity contribution is 9.10. The Morgan fingerprint density at radius 2 is 2.12 bits per heavy atom. The fourth-order valence-electron chi connectivity index (χ4n) is 2.23. The summed E-state index contributed by atoms with van der Waals surface area (Å²) >= 11 is 3.40. The van der Waals surface area contributed by atoms with Crippen LogP contribution in [-0.2, 0) is 0 Å². The van der Waals surface area contributed by atoms with Gasteiger partial charge in [-0.2, -0.15) is 0 Å². The molecule has 5 heteroatoms. The van der Waals surface area contributed by atoms with Crippen LogP contribution >= 0.6 is 15.9 Å². The Morgan fingerprint density at radius 1 is 1.41 bits per heavy atom. The van der Waals surface area contributed by atoms with Crippen LogP contribution in [0.2, 0.25) is 0 Å². The number of nitro groups is 1. The van der Waals surface area contributed by atoms with E-state index >= 15 is 0 Å². The molecule has 0 heterocycles. The van der Waals surface area contributed by atoms with Gasteiger partial charge in [0.2, 0.25) is 0 Å². The SMILES string of the molecule is O=[N+]([O-])c1ccc(Br)c(NCC2CCCC2)c1. The maximum atomic E-state index is 10.7. The summed E-state index contributed by atoms with van der Waals surface area (Å²) in [5, 5.41) is 14.0. The molecule has 17 heavy (non-hydrogen) atoms. The van der Waals surface area contributed by atoms with E-state index in [1.807, 2.05) is 0 Å². The van der Waals surface area contributed by atoms with Crippen LogP contribution in [0.25, 0.3) is 0 Å². The van der Waals surface area contributed by atoms with E-state index in [-0.39, 0.29) is 10.6 Å². The molecule has 2 rings (SSSR count). The molecule has 0 aromatic heterocycles. The van der Waals surface area contributed by atoms with Crippen molar-refractivity contribution in [3.8, 4) is 0 Å². The molecular weight excluding hydrogens is 284 g/mol. The van der Waals surface area contributed by atoms with Gasteiger partial charge in [0, 0.05) is 23.2 Å². The minimum absolute atomic E-state index is 0.127. The van der Waals surface area contributed by atoms with Crippen LogP contribution in [-0.4, -0.2) is 11.5 Å². The standard InChI is InChI=1S/C12H15BrN2O2/c13-11-6-5-10(15(16)17)7-12(11)14-8-9-3-1-2-4-9/h5-7,9,14H,1-4,8H2. The molecule has 0 spiro atoms. The zero-order valence-corrected chi connectivity index (χ0v) is 11.1. The van der Waals surface area contributed by atoms with E-state index in [0.717, 1.165) is 16.7 Å². The smallest absolute Gasteiger partial charge is 0.271 e. The van der Waals surface area contributed by atoms with Crippen molar-refractivity contribution < 1.29 is 4.92 Å². The van der Waals surface area contributed by atoms with Crippen LogP contribution in [0.3, 0.4) is 0 Å². The molecule has 1 aliphatic carbocycles. The Morgan fingerprint density at radius 3 is 2.76 bits per heavy atom. The van der Waals surface area contributed by atoms with Crippen molar-refractivity contribution >= 4 is 27.3 Å². The molecule has 1 aromatic rings. The summed E-state index contributed by atoms with van der Waals surface area (Å²) in [6, 6.07) is 4.80. The van der Waals surface area contributed by atoms with E-state index in [1.165, 1.54) is 31.7 Å². The van der Waals surface area contributed by atoms with Gasteiger partial charge in [-0.3, -0.25) is 10.1 Å². The third-order valence-corrected chi connectivity index (χ3v) is 3.91. The number of nitro benzene ring substituents is 1. The van der Waals surface area contributed by atoms with E-state index in [4.69, 9.17) is 0 Å². The van der Waals surface area contributed by atoms with Crippen molar-refractivity contribution in [3.05, 3.63) is 32.8 Å². The summed E-state index contributed by atoms with van der Waals surface area (Å²) in [5.41, 5.74) is 0.938. The number of halogens is 1. The van der Waals surface area contributed by atoms with Crippen molar-refractivity contribution in [2.75, 3.05) is 11.9 Å². The molecule has 1 fully saturated rings. The first-order valence-corrected chi connectivity index (χ1v) is 6.64. The van der Waals surface area contributed by atoms with Gasteiger partial charge in [0.25, 0.3) is 5.69 Å². The van der Waals surface area contributed by atoms with Crippen molar-refractivity contribution in [2.24, 2.45) is 5.92 Å². The molecule has 0 unspecified atom stereocenters. The van der Waals surface area contributed by atoms with Crippen LogP contribution in [0, 0.1) is 16.0 Å². The predicted molar refractivity (Wildman–Crippen MR) is 71.2 cm³/mol. The van der Waals surface area contributed by atoms with Gasteiger partial charge < -0.3 is 5.32 Å². The molecule has 1 aromatic carbocycles. The predicted octanol–water partition coefficient (Wildman–Crippen LogP) is 3.96. The Bertz CT molecular complexity index is 417. The lowest BCUT2D eigenvalue weighted by atomic mass is 10.1. The molecular formula is C12H15BrN2O2. The molecule has 4 nitrogen and oxygen atoms in total. The number of nitrogens with one attached hydrogen (secondary N) is 1. The second kappa shape index (κ2) is 5.49. The minimum Gasteiger partial charge on any atom is -0.384 e. The van der Waals surface area contributed by atoms with E-state index in [0.29, 0.717) is 5.92 Å². The number of hydrogen-bond donors (Lipinski definition) is 1. The number of nitrogens with zero attached hydrogens (tertiary/aromatic N) is 1. The molecule has 1 N–H and O–H groups in total. The summed E-state index contributed by atoms with van der Waals surface area (Å²) in [7, 11) is 0. The number of non-ortho nitro benzene ring substituents is 1. The molecule has 0 bridgehead atoms. The Hall–Kier alpha value is -1.10. The third kappa shape index (κ3) is 3.19. The summed E-state index contributed by atoms with van der Waals surface area (Å²) in [6.07, 6.45) is 5.14. The lowest BCUT2D eigenvalue weighted by molar-refractivity contribution is -0.384. The van der Waals surface area contributed by atoms with Crippen molar-refractivity contribution in [1.82, 2.24) is 0 Å². The highest BCUT2D eigenvalue weighted by atomic mass is 79.9. The van der Waals surface area contributed by atoms with Gasteiger partial charge in [0.15, 0.2) is 0 Å². The first-order chi connectivity index (χ1) is 8.16. The van der Waals surface area contributed by atoms with E-state index in [1.54, 1.807) is 12.1 Å². The second-order valence-electron chi connectivity index (χ2n) is 4.45. The monoisotopic (exact) mass is 298 g/mol. The van der Waals surface area contributed by atoms with Gasteiger partial charge in [-0.1, -0.05) is 12.8 Å². The van der Waals surface area contributed by atoms with Gasteiger partial charge in [-0.25, -0.2) is 0 Å². The van der Waals surface area contributed by atoms with Crippen molar-refractivity contribution in [3.63, 3.8) is 0 Å². The molecule has 0 atom stereocenters. The number of benzene rings is 1. The van der Waals surface area contributed by atoms with Gasteiger partial charge in [0.05, 0.1) is 10.6 Å². The molecule has 0 saturated heterocycles. The first kappa shape index (κ1) is 12.4. The highest BCUT2D eigenvalue weighted by Gasteiger charge is 2.15. The maximum Gasteiger partial charge on any atom is 0.271 e. The zero-order chi connectivity index (χ0) is 12.3. The van der Waals surface area contributed by atoms with Gasteiger partial charge in [-0.15, -0.1) is 0 Å². The molecule has 0 radical (unpaired) electrons. The van der Waals surface area contributed by atoms with Gasteiger partial charge in [0.1, 0.15) is 0 Å². The van der Waals surface area contributed by atoms with Crippen LogP contribution in [0.5, 0.6) is 0 Å². The van der Waals surface area contributed by atoms with Crippen molar-refractivity contribution in [1.29, 1.82) is 0 Å². The molecule has 1 saturated carbocycles. The molecule has 92 valence electrons. The summed E-state index contributed by atoms with van der Waals surface area (Å²) in [4.78, 5) is 10.3. The Balaban J connectivity index is 2.03. The van der Waals surface area contributed by atoms with E-state index < -0.39 is 0 Å². The normalized spacial score (nSPS) is 16.1. The van der Waals surface area contributed by atoms with E-state index in [2.05, 4.69) is 21.2 Å². The Kier molecular flexibility index (Phi) is 3.99. The highest BCUT2D eigenvalue weighted by Crippen LogP contribution is 2.29. The zero-order valence-electron chi connectivity index (χ0n) is 9.49. The topological polar surface area (TPSA) is 55.2 Å². The van der Waals surface area contributed by atoms with Crippen LogP contribution < -0.4 is 5.32 Å². The van der Waals surface area contributed by atoms with Gasteiger partial charge >= 0.3 is 0 Å². The molecule has 0 amide bonds. The third-order valence-electron chi connectivity index (χ3n) is 3.22. The van der Waals surface area contributed by atoms with Crippen molar-refractivity contribution in [2.45, 2.75) is 25.7 Å². The second-order valence-corrected chi connectivity index (χ2v) is 5.31.